The summed E-state index contributed by atoms with van der Waals surface area (Å²) in [6.07, 6.45) is 5.83. The van der Waals surface area contributed by atoms with Crippen LogP contribution in [-0.4, -0.2) is 49.6 Å². The fraction of sp³-hybridized carbons (Fsp3) is 0.909. The Bertz CT molecular complexity index is 452. The summed E-state index contributed by atoms with van der Waals surface area (Å²) in [6, 6.07) is 0. The summed E-state index contributed by atoms with van der Waals surface area (Å²) in [7, 11) is 3.40. The number of rotatable bonds is 6. The molecule has 0 saturated heterocycles. The molecule has 2 fully saturated rings. The van der Waals surface area contributed by atoms with E-state index in [2.05, 4.69) is 0 Å². The quantitative estimate of drug-likeness (QED) is 0.620. The second-order valence-electron chi connectivity index (χ2n) is 9.80. The van der Waals surface area contributed by atoms with Crippen molar-refractivity contribution < 1.29 is 28.5 Å². The first-order valence-electron chi connectivity index (χ1n) is 10.3. The number of ether oxygens (including phenoxy) is 4. The highest BCUT2D eigenvalue weighted by Gasteiger charge is 2.34. The molecule has 4 atom stereocenters. The van der Waals surface area contributed by atoms with E-state index in [4.69, 9.17) is 18.9 Å². The number of hydrogen-bond donors (Lipinski definition) is 0. The Labute approximate surface area is 170 Å². The summed E-state index contributed by atoms with van der Waals surface area (Å²) in [6.45, 7) is 11.3. The molecule has 2 rings (SSSR count). The van der Waals surface area contributed by atoms with Crippen LogP contribution in [0.1, 0.15) is 80.1 Å². The lowest BCUT2D eigenvalue weighted by Crippen LogP contribution is -2.36. The van der Waals surface area contributed by atoms with Gasteiger partial charge in [0.25, 0.3) is 0 Å². The van der Waals surface area contributed by atoms with E-state index in [-0.39, 0.29) is 35.3 Å². The molecule has 6 nitrogen and oxygen atoms in total. The number of esters is 2. The van der Waals surface area contributed by atoms with Gasteiger partial charge in [-0.3, -0.25) is 9.59 Å². The third-order valence-electron chi connectivity index (χ3n) is 5.00. The summed E-state index contributed by atoms with van der Waals surface area (Å²) in [5.41, 5.74) is -0.743. The van der Waals surface area contributed by atoms with E-state index in [1.165, 1.54) is 0 Å². The predicted octanol–water partition coefficient (Wildman–Crippen LogP) is 4.29. The molecule has 0 heterocycles. The lowest BCUT2D eigenvalue weighted by molar-refractivity contribution is -0.160. The van der Waals surface area contributed by atoms with Crippen LogP contribution in [0.15, 0.2) is 0 Å². The van der Waals surface area contributed by atoms with Crippen LogP contribution in [0.5, 0.6) is 0 Å². The van der Waals surface area contributed by atoms with E-state index in [0.29, 0.717) is 24.7 Å². The van der Waals surface area contributed by atoms with Crippen molar-refractivity contribution in [3.05, 3.63) is 0 Å². The van der Waals surface area contributed by atoms with Crippen LogP contribution in [0.25, 0.3) is 0 Å². The molecule has 0 spiro atoms. The minimum absolute atomic E-state index is 0.107. The molecule has 2 aliphatic rings. The Morgan fingerprint density at radius 1 is 0.679 bits per heavy atom. The Morgan fingerprint density at radius 3 is 1.18 bits per heavy atom. The van der Waals surface area contributed by atoms with Crippen LogP contribution in [0.3, 0.4) is 0 Å². The minimum atomic E-state index is -0.372. The zero-order valence-corrected chi connectivity index (χ0v) is 19.0. The fourth-order valence-corrected chi connectivity index (χ4v) is 3.36. The normalized spacial score (nSPS) is 26.9. The highest BCUT2D eigenvalue weighted by molar-refractivity contribution is 5.70. The zero-order chi connectivity index (χ0) is 21.5. The van der Waals surface area contributed by atoms with E-state index < -0.39 is 0 Å². The molecule has 2 saturated carbocycles. The second kappa shape index (κ2) is 10.6. The van der Waals surface area contributed by atoms with Crippen molar-refractivity contribution in [2.24, 2.45) is 11.8 Å². The fourth-order valence-electron chi connectivity index (χ4n) is 3.36. The molecule has 0 amide bonds. The van der Waals surface area contributed by atoms with E-state index in [1.54, 1.807) is 14.2 Å². The molecule has 164 valence electrons. The Kier molecular flexibility index (Phi) is 9.41. The van der Waals surface area contributed by atoms with Gasteiger partial charge in [0.1, 0.15) is 11.2 Å². The molecule has 0 aromatic carbocycles. The predicted molar refractivity (Wildman–Crippen MR) is 108 cm³/mol. The average Bonchev–Trinajstić information content (AvgIpc) is 2.46. The van der Waals surface area contributed by atoms with Crippen molar-refractivity contribution in [3.63, 3.8) is 0 Å². The van der Waals surface area contributed by atoms with Crippen LogP contribution in [0, 0.1) is 11.8 Å². The van der Waals surface area contributed by atoms with Gasteiger partial charge in [-0.1, -0.05) is 0 Å². The van der Waals surface area contributed by atoms with Gasteiger partial charge in [-0.2, -0.15) is 0 Å². The van der Waals surface area contributed by atoms with Crippen LogP contribution in [-0.2, 0) is 28.5 Å². The van der Waals surface area contributed by atoms with Gasteiger partial charge in [0, 0.05) is 14.2 Å². The monoisotopic (exact) mass is 400 g/mol. The summed E-state index contributed by atoms with van der Waals surface area (Å²) in [5, 5.41) is 0. The lowest BCUT2D eigenvalue weighted by Gasteiger charge is -2.35. The molecule has 0 aliphatic heterocycles. The average molecular weight is 401 g/mol. The van der Waals surface area contributed by atoms with Gasteiger partial charge < -0.3 is 18.9 Å². The first kappa shape index (κ1) is 24.9. The Morgan fingerprint density at radius 2 is 1.00 bits per heavy atom. The summed E-state index contributed by atoms with van der Waals surface area (Å²) < 4.78 is 20.9. The molecule has 28 heavy (non-hydrogen) atoms. The zero-order valence-electron chi connectivity index (χ0n) is 19.0. The van der Waals surface area contributed by atoms with Crippen LogP contribution in [0.4, 0.5) is 0 Å². The number of hydrogen-bond acceptors (Lipinski definition) is 6. The van der Waals surface area contributed by atoms with Gasteiger partial charge in [-0.25, -0.2) is 0 Å². The highest BCUT2D eigenvalue weighted by Crippen LogP contribution is 2.34. The molecular weight excluding hydrogens is 360 g/mol. The molecule has 0 aromatic rings. The Hall–Kier alpha value is -1.14. The van der Waals surface area contributed by atoms with Gasteiger partial charge >= 0.3 is 11.9 Å². The number of carbonyl (C=O) groups excluding carboxylic acids is 2. The molecule has 0 bridgehead atoms. The Balaban J connectivity index is 0.000000280. The second-order valence-corrected chi connectivity index (χ2v) is 9.80. The van der Waals surface area contributed by atoms with Gasteiger partial charge in [0.2, 0.25) is 0 Å². The van der Waals surface area contributed by atoms with Crippen molar-refractivity contribution >= 4 is 11.9 Å². The maximum Gasteiger partial charge on any atom is 0.306 e. The minimum Gasteiger partial charge on any atom is -0.460 e. The summed E-state index contributed by atoms with van der Waals surface area (Å²) >= 11 is 0. The first-order valence-corrected chi connectivity index (χ1v) is 10.3. The largest absolute Gasteiger partial charge is 0.460 e. The first-order chi connectivity index (χ1) is 12.8. The molecule has 0 radical (unpaired) electrons. The third-order valence-corrected chi connectivity index (χ3v) is 5.00. The van der Waals surface area contributed by atoms with E-state index >= 15 is 0 Å². The third kappa shape index (κ3) is 9.37. The molecule has 0 aromatic heterocycles. The maximum atomic E-state index is 11.4. The van der Waals surface area contributed by atoms with Crippen LogP contribution >= 0.6 is 0 Å². The van der Waals surface area contributed by atoms with Crippen molar-refractivity contribution in [2.75, 3.05) is 14.2 Å². The molecule has 0 N–H and O–H groups in total. The highest BCUT2D eigenvalue weighted by atomic mass is 16.6. The summed E-state index contributed by atoms with van der Waals surface area (Å²) in [4.78, 5) is 22.9. The maximum absolute atomic E-state index is 11.4. The van der Waals surface area contributed by atoms with Crippen molar-refractivity contribution in [3.8, 4) is 0 Å². The number of methoxy groups -OCH3 is 2. The molecule has 1 unspecified atom stereocenters. The standard InChI is InChI=1S/2C11H20O3/c2*1-11(2,3)14-10(12)7-8-5-6-9(8)13-4/h2*8-9H,5-7H2,1-4H3/t8-,9?;8-,9+/m11/s1. The number of carbonyl (C=O) groups is 2. The van der Waals surface area contributed by atoms with Gasteiger partial charge in [0.15, 0.2) is 0 Å². The van der Waals surface area contributed by atoms with Crippen molar-refractivity contribution in [1.82, 2.24) is 0 Å². The van der Waals surface area contributed by atoms with Gasteiger partial charge in [0.05, 0.1) is 25.0 Å². The van der Waals surface area contributed by atoms with Crippen LogP contribution < -0.4 is 0 Å². The van der Waals surface area contributed by atoms with E-state index in [9.17, 15) is 9.59 Å². The SMILES string of the molecule is COC1CC[C@@H]1CC(=O)OC(C)(C)C.CO[C@H]1CC[C@@H]1CC(=O)OC(C)(C)C. The molecular formula is C22H40O6. The smallest absolute Gasteiger partial charge is 0.306 e. The summed E-state index contributed by atoms with van der Waals surface area (Å²) in [5.74, 6) is 0.526. The van der Waals surface area contributed by atoms with Gasteiger partial charge in [-0.05, 0) is 79.1 Å². The molecule has 6 heteroatoms. The van der Waals surface area contributed by atoms with Crippen molar-refractivity contribution in [1.29, 1.82) is 0 Å². The van der Waals surface area contributed by atoms with Gasteiger partial charge in [-0.15, -0.1) is 0 Å². The van der Waals surface area contributed by atoms with E-state index in [1.807, 2.05) is 41.5 Å². The molecule has 2 aliphatic carbocycles. The van der Waals surface area contributed by atoms with Crippen LogP contribution in [0.2, 0.25) is 0 Å². The van der Waals surface area contributed by atoms with E-state index in [0.717, 1.165) is 25.7 Å². The van der Waals surface area contributed by atoms with Crippen molar-refractivity contribution in [2.45, 2.75) is 103 Å². The lowest BCUT2D eigenvalue weighted by atomic mass is 9.79. The topological polar surface area (TPSA) is 71.1 Å².